The number of aliphatic hydroxyl groups is 1. The van der Waals surface area contributed by atoms with E-state index >= 15 is 0 Å². The van der Waals surface area contributed by atoms with Crippen molar-refractivity contribution in [3.05, 3.63) is 65.0 Å². The van der Waals surface area contributed by atoms with Gasteiger partial charge in [0.25, 0.3) is 5.91 Å². The van der Waals surface area contributed by atoms with Crippen molar-refractivity contribution in [1.82, 2.24) is 39.6 Å². The summed E-state index contributed by atoms with van der Waals surface area (Å²) in [6.45, 7) is 5.42. The number of benzene rings is 1. The molecule has 15 heteroatoms. The predicted octanol–water partition coefficient (Wildman–Crippen LogP) is 3.25. The van der Waals surface area contributed by atoms with Crippen LogP contribution in [0, 0.1) is 12.7 Å². The first kappa shape index (κ1) is 29.3. The molecule has 0 radical (unpaired) electrons. The lowest BCUT2D eigenvalue weighted by atomic mass is 10.1. The van der Waals surface area contributed by atoms with E-state index in [1.807, 2.05) is 32.2 Å². The number of methoxy groups -OCH3 is 1. The zero-order chi connectivity index (χ0) is 29.8. The number of halogens is 2. The molecule has 0 saturated heterocycles. The van der Waals surface area contributed by atoms with Crippen LogP contribution in [-0.4, -0.2) is 83.6 Å². The van der Waals surface area contributed by atoms with Crippen molar-refractivity contribution >= 4 is 28.7 Å². The lowest BCUT2D eigenvalue weighted by Crippen LogP contribution is -2.23. The van der Waals surface area contributed by atoms with Gasteiger partial charge < -0.3 is 19.9 Å². The predicted molar refractivity (Wildman–Crippen MR) is 152 cm³/mol. The van der Waals surface area contributed by atoms with E-state index in [2.05, 4.69) is 30.9 Å². The first-order chi connectivity index (χ1) is 20.3. The Balaban J connectivity index is 1.36. The van der Waals surface area contributed by atoms with Crippen molar-refractivity contribution in [2.45, 2.75) is 33.0 Å². The molecule has 0 aliphatic rings. The normalized spacial score (nSPS) is 12.2. The van der Waals surface area contributed by atoms with Crippen LogP contribution in [0.25, 0.3) is 28.0 Å². The molecule has 4 aromatic heterocycles. The first-order valence-electron chi connectivity index (χ1n) is 13.1. The summed E-state index contributed by atoms with van der Waals surface area (Å²) in [4.78, 5) is 14.7. The van der Waals surface area contributed by atoms with Gasteiger partial charge in [-0.15, -0.1) is 10.2 Å². The maximum Gasteiger partial charge on any atom is 0.259 e. The first-order valence-corrected chi connectivity index (χ1v) is 13.5. The van der Waals surface area contributed by atoms with Gasteiger partial charge in [0, 0.05) is 25.1 Å². The van der Waals surface area contributed by atoms with E-state index in [0.717, 1.165) is 22.9 Å². The molecule has 2 N–H and O–H groups in total. The third-order valence-electron chi connectivity index (χ3n) is 6.44. The fourth-order valence-corrected chi connectivity index (χ4v) is 4.54. The zero-order valence-electron chi connectivity index (χ0n) is 23.2. The van der Waals surface area contributed by atoms with E-state index in [-0.39, 0.29) is 40.8 Å². The van der Waals surface area contributed by atoms with E-state index in [1.165, 1.54) is 17.1 Å². The van der Waals surface area contributed by atoms with Gasteiger partial charge in [0.15, 0.2) is 0 Å². The standard InChI is InChI=1S/C27H29ClFN9O4/c1-4-38-34-26(32-35-38)19-10-24(22(28)11-23(19)29)31-27(40)20-12-30-37-6-5-17(9-25(20)37)21-14-36(33-16(21)2)13-18(39)15-42-8-7-41-3/h5-6,9-12,14,18,39H,4,7-8,13,15H2,1-3H3,(H,31,40). The molecule has 5 rings (SSSR count). The van der Waals surface area contributed by atoms with Crippen molar-refractivity contribution < 1.29 is 23.8 Å². The Labute approximate surface area is 244 Å². The maximum atomic E-state index is 14.7. The highest BCUT2D eigenvalue weighted by Crippen LogP contribution is 2.31. The third kappa shape index (κ3) is 6.31. The topological polar surface area (TPSA) is 147 Å². The van der Waals surface area contributed by atoms with Crippen LogP contribution in [0.3, 0.4) is 0 Å². The number of aromatic nitrogens is 8. The minimum Gasteiger partial charge on any atom is -0.389 e. The Hall–Kier alpha value is -4.24. The molecule has 1 aromatic carbocycles. The number of tetrazole rings is 1. The third-order valence-corrected chi connectivity index (χ3v) is 6.76. The lowest BCUT2D eigenvalue weighted by molar-refractivity contribution is 0.00595. The molecule has 1 amide bonds. The molecule has 0 bridgehead atoms. The maximum absolute atomic E-state index is 14.7. The van der Waals surface area contributed by atoms with Gasteiger partial charge in [0.1, 0.15) is 5.82 Å². The fraction of sp³-hybridized carbons (Fsp3) is 0.333. The second-order valence-corrected chi connectivity index (χ2v) is 9.85. The van der Waals surface area contributed by atoms with Crippen LogP contribution >= 0.6 is 11.6 Å². The molecule has 1 atom stereocenters. The van der Waals surface area contributed by atoms with Crippen LogP contribution in [-0.2, 0) is 22.6 Å². The van der Waals surface area contributed by atoms with Crippen molar-refractivity contribution in [3.63, 3.8) is 0 Å². The van der Waals surface area contributed by atoms with E-state index in [0.29, 0.717) is 25.3 Å². The number of hydrogen-bond acceptors (Lipinski definition) is 9. The number of nitrogens with zero attached hydrogens (tertiary/aromatic N) is 8. The molecule has 13 nitrogen and oxygen atoms in total. The number of carbonyl (C=O) groups excluding carboxylic acids is 1. The summed E-state index contributed by atoms with van der Waals surface area (Å²) in [5.41, 5.74) is 3.43. The Morgan fingerprint density at radius 2 is 2.05 bits per heavy atom. The van der Waals surface area contributed by atoms with E-state index in [4.69, 9.17) is 21.1 Å². The second-order valence-electron chi connectivity index (χ2n) is 9.44. The van der Waals surface area contributed by atoms with Crippen LogP contribution in [0.1, 0.15) is 23.0 Å². The number of rotatable bonds is 12. The minimum absolute atomic E-state index is 0.0129. The Bertz CT molecular complexity index is 1720. The van der Waals surface area contributed by atoms with E-state index < -0.39 is 17.8 Å². The quantitative estimate of drug-likeness (QED) is 0.207. The summed E-state index contributed by atoms with van der Waals surface area (Å²) in [6, 6.07) is 6.15. The van der Waals surface area contributed by atoms with Gasteiger partial charge in [-0.3, -0.25) is 9.48 Å². The number of pyridine rings is 1. The second kappa shape index (κ2) is 12.7. The number of nitrogens with one attached hydrogen (secondary N) is 1. The molecule has 4 heterocycles. The van der Waals surface area contributed by atoms with Crippen molar-refractivity contribution in [3.8, 4) is 22.5 Å². The lowest BCUT2D eigenvalue weighted by Gasteiger charge is -2.11. The average Bonchev–Trinajstić information content (AvgIpc) is 3.70. The number of amides is 1. The molecule has 220 valence electrons. The molecule has 42 heavy (non-hydrogen) atoms. The molecule has 5 aromatic rings. The van der Waals surface area contributed by atoms with Crippen molar-refractivity contribution in [2.75, 3.05) is 32.2 Å². The number of aryl methyl sites for hydroxylation is 2. The van der Waals surface area contributed by atoms with E-state index in [9.17, 15) is 14.3 Å². The van der Waals surface area contributed by atoms with Gasteiger partial charge >= 0.3 is 0 Å². The average molecular weight is 598 g/mol. The number of aliphatic hydroxyl groups excluding tert-OH is 1. The zero-order valence-corrected chi connectivity index (χ0v) is 23.9. The molecular weight excluding hydrogens is 569 g/mol. The van der Waals surface area contributed by atoms with Crippen LogP contribution < -0.4 is 5.32 Å². The van der Waals surface area contributed by atoms with Gasteiger partial charge in [-0.1, -0.05) is 11.6 Å². The summed E-state index contributed by atoms with van der Waals surface area (Å²) in [7, 11) is 1.59. The summed E-state index contributed by atoms with van der Waals surface area (Å²) >= 11 is 6.27. The highest BCUT2D eigenvalue weighted by Gasteiger charge is 2.20. The van der Waals surface area contributed by atoms with Crippen LogP contribution in [0.5, 0.6) is 0 Å². The Morgan fingerprint density at radius 1 is 1.21 bits per heavy atom. The Kier molecular flexibility index (Phi) is 8.87. The molecule has 0 fully saturated rings. The van der Waals surface area contributed by atoms with Gasteiger partial charge in [0.2, 0.25) is 5.82 Å². The summed E-state index contributed by atoms with van der Waals surface area (Å²) < 4.78 is 28.2. The van der Waals surface area contributed by atoms with Crippen LogP contribution in [0.15, 0.2) is 42.9 Å². The highest BCUT2D eigenvalue weighted by atomic mass is 35.5. The number of anilines is 1. The molecule has 0 aliphatic carbocycles. The molecule has 0 spiro atoms. The van der Waals surface area contributed by atoms with Gasteiger partial charge in [0.05, 0.1) is 78.3 Å². The minimum atomic E-state index is -0.741. The van der Waals surface area contributed by atoms with Crippen molar-refractivity contribution in [1.29, 1.82) is 0 Å². The monoisotopic (exact) mass is 597 g/mol. The number of hydrogen-bond donors (Lipinski definition) is 2. The van der Waals surface area contributed by atoms with Gasteiger partial charge in [-0.05, 0) is 48.9 Å². The molecule has 0 aliphatic heterocycles. The molecular formula is C27H29ClFN9O4. The number of ether oxygens (including phenoxy) is 2. The summed E-state index contributed by atoms with van der Waals surface area (Å²) in [6.07, 6.45) is 4.27. The molecule has 1 unspecified atom stereocenters. The fourth-order valence-electron chi connectivity index (χ4n) is 4.34. The van der Waals surface area contributed by atoms with E-state index in [1.54, 1.807) is 22.5 Å². The van der Waals surface area contributed by atoms with Gasteiger partial charge in [-0.25, -0.2) is 8.91 Å². The molecule has 0 saturated carbocycles. The summed E-state index contributed by atoms with van der Waals surface area (Å²) in [5, 5.41) is 33.8. The number of carbonyl (C=O) groups is 1. The van der Waals surface area contributed by atoms with Crippen molar-refractivity contribution in [2.24, 2.45) is 0 Å². The largest absolute Gasteiger partial charge is 0.389 e. The van der Waals surface area contributed by atoms with Gasteiger partial charge in [-0.2, -0.15) is 15.0 Å². The van der Waals surface area contributed by atoms with Crippen LogP contribution in [0.4, 0.5) is 10.1 Å². The highest BCUT2D eigenvalue weighted by molar-refractivity contribution is 6.34. The Morgan fingerprint density at radius 3 is 2.81 bits per heavy atom. The number of fused-ring (bicyclic) bond motifs is 1. The SMILES string of the molecule is CCn1nnc(-c2cc(NC(=O)c3cnn4ccc(-c5cn(CC(O)COCCOC)nc5C)cc34)c(Cl)cc2F)n1. The smallest absolute Gasteiger partial charge is 0.259 e. The summed E-state index contributed by atoms with van der Waals surface area (Å²) in [5.74, 6) is -1.06. The van der Waals surface area contributed by atoms with Crippen LogP contribution in [0.2, 0.25) is 5.02 Å².